The fourth-order valence-corrected chi connectivity index (χ4v) is 3.70. The molecule has 1 heterocycles. The summed E-state index contributed by atoms with van der Waals surface area (Å²) in [5.41, 5.74) is 1.08. The smallest absolute Gasteiger partial charge is 0.325 e. The number of ether oxygens (including phenoxy) is 1. The van der Waals surface area contributed by atoms with Crippen molar-refractivity contribution in [2.75, 3.05) is 7.11 Å². The molecule has 1 saturated heterocycles. The van der Waals surface area contributed by atoms with Gasteiger partial charge in [0.25, 0.3) is 0 Å². The number of hydrogen-bond acceptors (Lipinski definition) is 5. The van der Waals surface area contributed by atoms with Crippen LogP contribution in [0.15, 0.2) is 29.8 Å². The van der Waals surface area contributed by atoms with Crippen molar-refractivity contribution in [3.8, 4) is 5.75 Å². The molecular formula is C22H31NO4. The molecule has 2 rings (SSSR count). The van der Waals surface area contributed by atoms with Gasteiger partial charge in [0.2, 0.25) is 0 Å². The van der Waals surface area contributed by atoms with E-state index in [1.807, 2.05) is 29.3 Å². The molecule has 0 amide bonds. The van der Waals surface area contributed by atoms with E-state index in [0.717, 1.165) is 36.9 Å². The molecule has 0 spiro atoms. The molecule has 0 saturated carbocycles. The number of nitrogens with zero attached hydrogens (tertiary/aromatic N) is 1. The van der Waals surface area contributed by atoms with Crippen LogP contribution in [0.3, 0.4) is 0 Å². The van der Waals surface area contributed by atoms with E-state index in [1.54, 1.807) is 13.2 Å². The van der Waals surface area contributed by atoms with Crippen LogP contribution in [0.4, 0.5) is 0 Å². The summed E-state index contributed by atoms with van der Waals surface area (Å²) in [7, 11) is 1.61. The van der Waals surface area contributed by atoms with Gasteiger partial charge in [-0.15, -0.1) is 5.06 Å². The number of piperidine rings is 1. The van der Waals surface area contributed by atoms with Gasteiger partial charge in [0, 0.05) is 0 Å². The van der Waals surface area contributed by atoms with Crippen molar-refractivity contribution in [2.24, 2.45) is 0 Å². The Morgan fingerprint density at radius 2 is 1.67 bits per heavy atom. The number of benzene rings is 1. The van der Waals surface area contributed by atoms with Gasteiger partial charge in [0.15, 0.2) is 0 Å². The molecule has 0 radical (unpaired) electrons. The second-order valence-electron chi connectivity index (χ2n) is 8.35. The Balaban J connectivity index is 1.98. The molecular weight excluding hydrogens is 342 g/mol. The summed E-state index contributed by atoms with van der Waals surface area (Å²) in [6, 6.07) is 7.42. The van der Waals surface area contributed by atoms with Crippen LogP contribution in [0.2, 0.25) is 0 Å². The first-order valence-corrected chi connectivity index (χ1v) is 9.49. The van der Waals surface area contributed by atoms with Gasteiger partial charge in [0.05, 0.1) is 24.6 Å². The highest BCUT2D eigenvalue weighted by atomic mass is 16.7. The lowest BCUT2D eigenvalue weighted by Gasteiger charge is -2.50. The van der Waals surface area contributed by atoms with E-state index < -0.39 is 0 Å². The second-order valence-corrected chi connectivity index (χ2v) is 8.35. The molecule has 1 aliphatic heterocycles. The van der Waals surface area contributed by atoms with Gasteiger partial charge in [-0.2, -0.15) is 0 Å². The summed E-state index contributed by atoms with van der Waals surface area (Å²) in [5, 5.41) is 1.85. The van der Waals surface area contributed by atoms with E-state index in [9.17, 15) is 9.59 Å². The molecule has 148 valence electrons. The zero-order valence-corrected chi connectivity index (χ0v) is 17.1. The van der Waals surface area contributed by atoms with E-state index in [-0.39, 0.29) is 23.5 Å². The highest BCUT2D eigenvalue weighted by Gasteiger charge is 2.44. The Morgan fingerprint density at radius 1 is 1.07 bits per heavy atom. The van der Waals surface area contributed by atoms with E-state index in [0.29, 0.717) is 12.0 Å². The number of carbonyl (C=O) groups excluding carboxylic acids is 2. The molecule has 1 fully saturated rings. The third kappa shape index (κ3) is 5.67. The van der Waals surface area contributed by atoms with E-state index in [4.69, 9.17) is 9.57 Å². The maximum Gasteiger partial charge on any atom is 0.325 e. The lowest BCUT2D eigenvalue weighted by atomic mass is 9.82. The SMILES string of the molecule is COc1ccc(/C=C(/C=O)CCC(=O)ON2C(C)(C)CCCC2(C)C)cc1. The van der Waals surface area contributed by atoms with Gasteiger partial charge in [-0.1, -0.05) is 12.1 Å². The molecule has 1 aliphatic rings. The summed E-state index contributed by atoms with van der Waals surface area (Å²) in [4.78, 5) is 29.5. The Morgan fingerprint density at radius 3 is 2.19 bits per heavy atom. The van der Waals surface area contributed by atoms with E-state index in [2.05, 4.69) is 27.7 Å². The molecule has 1 aromatic carbocycles. The Bertz CT molecular complexity index is 673. The van der Waals surface area contributed by atoms with Crippen LogP contribution in [-0.2, 0) is 14.4 Å². The molecule has 0 unspecified atom stereocenters. The number of hydroxylamine groups is 2. The third-order valence-corrected chi connectivity index (χ3v) is 5.11. The van der Waals surface area contributed by atoms with Crippen LogP contribution in [0.5, 0.6) is 5.75 Å². The fraction of sp³-hybridized carbons (Fsp3) is 0.545. The Hall–Kier alpha value is -2.14. The molecule has 5 nitrogen and oxygen atoms in total. The maximum atomic E-state index is 12.4. The molecule has 27 heavy (non-hydrogen) atoms. The first kappa shape index (κ1) is 21.2. The first-order valence-electron chi connectivity index (χ1n) is 9.49. The number of carbonyl (C=O) groups is 2. The third-order valence-electron chi connectivity index (χ3n) is 5.11. The zero-order chi connectivity index (χ0) is 20.1. The predicted molar refractivity (Wildman–Crippen MR) is 106 cm³/mol. The maximum absolute atomic E-state index is 12.4. The fourth-order valence-electron chi connectivity index (χ4n) is 3.70. The second kappa shape index (κ2) is 8.70. The molecule has 0 bridgehead atoms. The summed E-state index contributed by atoms with van der Waals surface area (Å²) < 4.78 is 5.13. The molecule has 0 N–H and O–H groups in total. The van der Waals surface area contributed by atoms with Crippen molar-refractivity contribution in [1.82, 2.24) is 5.06 Å². The van der Waals surface area contributed by atoms with Gasteiger partial charge in [-0.25, -0.2) is 0 Å². The van der Waals surface area contributed by atoms with Crippen molar-refractivity contribution in [3.05, 3.63) is 35.4 Å². The van der Waals surface area contributed by atoms with Crippen molar-refractivity contribution in [1.29, 1.82) is 0 Å². The lowest BCUT2D eigenvalue weighted by Crippen LogP contribution is -2.58. The Kier molecular flexibility index (Phi) is 6.82. The number of aldehydes is 1. The molecule has 0 aliphatic carbocycles. The van der Waals surface area contributed by atoms with Gasteiger partial charge >= 0.3 is 5.97 Å². The summed E-state index contributed by atoms with van der Waals surface area (Å²) in [6.45, 7) is 8.40. The lowest BCUT2D eigenvalue weighted by molar-refractivity contribution is -0.265. The van der Waals surface area contributed by atoms with Crippen molar-refractivity contribution in [3.63, 3.8) is 0 Å². The largest absolute Gasteiger partial charge is 0.497 e. The van der Waals surface area contributed by atoms with Crippen molar-refractivity contribution in [2.45, 2.75) is 70.9 Å². The molecule has 1 aromatic rings. The monoisotopic (exact) mass is 373 g/mol. The number of methoxy groups -OCH3 is 1. The van der Waals surface area contributed by atoms with Crippen LogP contribution in [-0.4, -0.2) is 35.5 Å². The summed E-state index contributed by atoms with van der Waals surface area (Å²) in [5.74, 6) is 0.454. The van der Waals surface area contributed by atoms with Crippen LogP contribution in [0, 0.1) is 0 Å². The minimum absolute atomic E-state index is 0.170. The normalized spacial score (nSPS) is 19.4. The number of hydrogen-bond donors (Lipinski definition) is 0. The number of allylic oxidation sites excluding steroid dienone is 1. The van der Waals surface area contributed by atoms with Gasteiger partial charge in [0.1, 0.15) is 12.0 Å². The van der Waals surface area contributed by atoms with Gasteiger partial charge < -0.3 is 9.57 Å². The standard InChI is InChI=1S/C22H31NO4/c1-21(2)13-6-14-22(3,4)23(21)27-20(25)12-9-18(16-24)15-17-7-10-19(26-5)11-8-17/h7-8,10-11,15-16H,6,9,12-14H2,1-5H3/b18-15+. The van der Waals surface area contributed by atoms with Crippen LogP contribution < -0.4 is 4.74 Å². The summed E-state index contributed by atoms with van der Waals surface area (Å²) >= 11 is 0. The predicted octanol–water partition coefficient (Wildman–Crippen LogP) is 4.56. The van der Waals surface area contributed by atoms with Gasteiger partial charge in [-0.3, -0.25) is 9.59 Å². The minimum Gasteiger partial charge on any atom is -0.497 e. The Labute approximate surface area is 162 Å². The van der Waals surface area contributed by atoms with Crippen LogP contribution in [0.1, 0.15) is 65.4 Å². The minimum atomic E-state index is -0.305. The topological polar surface area (TPSA) is 55.8 Å². The first-order chi connectivity index (χ1) is 12.7. The van der Waals surface area contributed by atoms with Crippen molar-refractivity contribution < 1.29 is 19.2 Å². The average molecular weight is 373 g/mol. The molecule has 5 heteroatoms. The number of rotatable bonds is 7. The van der Waals surface area contributed by atoms with E-state index in [1.165, 1.54) is 0 Å². The average Bonchev–Trinajstić information content (AvgIpc) is 2.62. The van der Waals surface area contributed by atoms with E-state index >= 15 is 0 Å². The van der Waals surface area contributed by atoms with Crippen LogP contribution >= 0.6 is 0 Å². The summed E-state index contributed by atoms with van der Waals surface area (Å²) in [6.07, 6.45) is 6.20. The molecule has 0 atom stereocenters. The van der Waals surface area contributed by atoms with Crippen LogP contribution in [0.25, 0.3) is 6.08 Å². The molecule has 0 aromatic heterocycles. The highest BCUT2D eigenvalue weighted by molar-refractivity contribution is 5.83. The highest BCUT2D eigenvalue weighted by Crippen LogP contribution is 2.38. The van der Waals surface area contributed by atoms with Crippen molar-refractivity contribution >= 4 is 18.3 Å². The quantitative estimate of drug-likeness (QED) is 0.518. The zero-order valence-electron chi connectivity index (χ0n) is 17.1. The van der Waals surface area contributed by atoms with Gasteiger partial charge in [-0.05, 0) is 82.7 Å².